The van der Waals surface area contributed by atoms with Crippen molar-refractivity contribution in [2.75, 3.05) is 9.71 Å². The fraction of sp³-hybridized carbons (Fsp3) is 0.129. The van der Waals surface area contributed by atoms with E-state index in [0.717, 1.165) is 27.6 Å². The van der Waals surface area contributed by atoms with Gasteiger partial charge in [0.2, 0.25) is 0 Å². The summed E-state index contributed by atoms with van der Waals surface area (Å²) in [4.78, 5) is 5.42. The van der Waals surface area contributed by atoms with Crippen molar-refractivity contribution in [2.24, 2.45) is 0 Å². The van der Waals surface area contributed by atoms with Crippen molar-refractivity contribution in [3.8, 4) is 33.4 Å². The highest BCUT2D eigenvalue weighted by Crippen LogP contribution is 2.53. The van der Waals surface area contributed by atoms with Crippen LogP contribution in [0.2, 0.25) is 0 Å². The normalized spacial score (nSPS) is 14.7. The molecule has 3 nitrogen and oxygen atoms in total. The molecule has 4 aliphatic rings. The van der Waals surface area contributed by atoms with Gasteiger partial charge in [-0.15, -0.1) is 0 Å². The van der Waals surface area contributed by atoms with E-state index in [9.17, 15) is 0 Å². The number of furan rings is 1. The van der Waals surface area contributed by atoms with E-state index in [-0.39, 0.29) is 17.7 Å². The minimum absolute atomic E-state index is 0.0452. The molecule has 1 aromatic heterocycles. The van der Waals surface area contributed by atoms with E-state index in [4.69, 9.17) is 4.42 Å². The molecule has 5 heteroatoms. The van der Waals surface area contributed by atoms with Gasteiger partial charge in [-0.25, -0.2) is 0 Å². The molecular weight excluding hydrogens is 828 g/mol. The lowest BCUT2D eigenvalue weighted by atomic mass is 9.43. The Kier molecular flexibility index (Phi) is 7.78. The maximum absolute atomic E-state index is 6.85. The minimum atomic E-state index is -2.83. The second kappa shape index (κ2) is 13.4. The Bertz CT molecular complexity index is 3710. The first kappa shape index (κ1) is 38.9. The quantitative estimate of drug-likeness (QED) is 0.161. The SMILES string of the molecule is CC(C)(C)c1ccc(N2c3cc(C(C)(C)C)cc4c3B(c3ccc5oc6ccccc6c5c32)N2c3ccccc3[Si]3(c5ccccc5-c5ccccc53)c3cccc-4c32)c(-c2ccccc2)c1. The van der Waals surface area contributed by atoms with Gasteiger partial charge in [-0.05, 0) is 112 Å². The Labute approximate surface area is 394 Å². The van der Waals surface area contributed by atoms with Crippen molar-refractivity contribution in [1.82, 2.24) is 0 Å². The molecule has 0 unspecified atom stereocenters. The zero-order valence-corrected chi connectivity index (χ0v) is 39.8. The standard InChI is InChI=1S/C62H49BN2OSi/c1-61(2,3)39-31-33-48(45(35-39)38-19-8-7-9-20-38)64-50-37-40(62(4,5)6)36-46-43-24-18-30-56-59(43)65(63(58(46)50)47-32-34-52-57(60(47)64)44-23-10-14-26-51(44)66-52)49-25-13-17-29-55(49)67(56)53-27-15-11-21-41(53)42-22-12-16-28-54(42)67/h7-37H,1-6H3. The maximum Gasteiger partial charge on any atom is 0.333 e. The second-order valence-electron chi connectivity index (χ2n) is 21.2. The molecule has 10 aromatic rings. The van der Waals surface area contributed by atoms with E-state index in [1.165, 1.54) is 98.9 Å². The number of para-hydroxylation sites is 3. The molecule has 0 saturated heterocycles. The van der Waals surface area contributed by atoms with Crippen LogP contribution in [0, 0.1) is 0 Å². The highest BCUT2D eigenvalue weighted by atomic mass is 28.3. The summed E-state index contributed by atoms with van der Waals surface area (Å²) in [6, 6.07) is 71.9. The number of rotatable bonds is 2. The topological polar surface area (TPSA) is 19.6 Å². The number of hydrogen-bond donors (Lipinski definition) is 0. The van der Waals surface area contributed by atoms with E-state index >= 15 is 0 Å². The average molecular weight is 877 g/mol. The first-order valence-electron chi connectivity index (χ1n) is 23.9. The van der Waals surface area contributed by atoms with Gasteiger partial charge in [0, 0.05) is 33.6 Å². The fourth-order valence-corrected chi connectivity index (χ4v) is 18.1. The Balaban J connectivity index is 1.17. The van der Waals surface area contributed by atoms with Gasteiger partial charge in [0.05, 0.1) is 16.8 Å². The van der Waals surface area contributed by atoms with Crippen LogP contribution >= 0.6 is 0 Å². The molecule has 0 aliphatic carbocycles. The molecule has 0 fully saturated rings. The Morgan fingerprint density at radius 2 is 1.06 bits per heavy atom. The van der Waals surface area contributed by atoms with Crippen LogP contribution in [0.5, 0.6) is 0 Å². The van der Waals surface area contributed by atoms with Crippen molar-refractivity contribution >= 4 is 97.0 Å². The summed E-state index contributed by atoms with van der Waals surface area (Å²) in [6.07, 6.45) is 0. The van der Waals surface area contributed by atoms with Gasteiger partial charge in [0.15, 0.2) is 8.07 Å². The van der Waals surface area contributed by atoms with Crippen LogP contribution in [0.4, 0.5) is 28.4 Å². The lowest BCUT2D eigenvalue weighted by Crippen LogP contribution is -2.78. The molecule has 0 atom stereocenters. The molecule has 0 N–H and O–H groups in total. The first-order valence-corrected chi connectivity index (χ1v) is 25.9. The predicted octanol–water partition coefficient (Wildman–Crippen LogP) is 12.2. The van der Waals surface area contributed by atoms with Gasteiger partial charge in [0.1, 0.15) is 11.2 Å². The molecule has 320 valence electrons. The summed E-state index contributed by atoms with van der Waals surface area (Å²) < 4.78 is 6.85. The molecular formula is C62H49BN2OSi. The van der Waals surface area contributed by atoms with Crippen molar-refractivity contribution in [3.05, 3.63) is 199 Å². The molecule has 4 aliphatic heterocycles. The van der Waals surface area contributed by atoms with E-state index in [1.54, 1.807) is 0 Å². The Hall–Kier alpha value is -7.34. The summed E-state index contributed by atoms with van der Waals surface area (Å²) in [5.41, 5.74) is 20.9. The number of benzene rings is 9. The molecule has 67 heavy (non-hydrogen) atoms. The fourth-order valence-electron chi connectivity index (χ4n) is 12.6. The van der Waals surface area contributed by atoms with E-state index in [0.29, 0.717) is 0 Å². The van der Waals surface area contributed by atoms with Gasteiger partial charge < -0.3 is 14.1 Å². The van der Waals surface area contributed by atoms with Gasteiger partial charge in [-0.1, -0.05) is 193 Å². The van der Waals surface area contributed by atoms with Gasteiger partial charge in [-0.3, -0.25) is 0 Å². The summed E-state index contributed by atoms with van der Waals surface area (Å²) >= 11 is 0. The van der Waals surface area contributed by atoms with Crippen molar-refractivity contribution in [2.45, 2.75) is 52.4 Å². The van der Waals surface area contributed by atoms with Crippen LogP contribution in [0.3, 0.4) is 0 Å². The van der Waals surface area contributed by atoms with Crippen molar-refractivity contribution in [1.29, 1.82) is 0 Å². The van der Waals surface area contributed by atoms with E-state index < -0.39 is 8.07 Å². The third-order valence-electron chi connectivity index (χ3n) is 15.5. The molecule has 0 bridgehead atoms. The minimum Gasteiger partial charge on any atom is -0.456 e. The summed E-state index contributed by atoms with van der Waals surface area (Å²) in [5.74, 6) is 0. The molecule has 1 spiro atoms. The third-order valence-corrected chi connectivity index (χ3v) is 20.5. The van der Waals surface area contributed by atoms with Crippen molar-refractivity contribution in [3.63, 3.8) is 0 Å². The third kappa shape index (κ3) is 5.07. The molecule has 0 saturated carbocycles. The summed E-state index contributed by atoms with van der Waals surface area (Å²) in [5, 5.41) is 8.17. The molecule has 14 rings (SSSR count). The van der Waals surface area contributed by atoms with Crippen LogP contribution in [0.15, 0.2) is 192 Å². The number of anilines is 5. The average Bonchev–Trinajstić information content (AvgIpc) is 3.87. The van der Waals surface area contributed by atoms with E-state index in [1.807, 2.05) is 0 Å². The van der Waals surface area contributed by atoms with Crippen LogP contribution in [-0.4, -0.2) is 14.9 Å². The maximum atomic E-state index is 6.85. The predicted molar refractivity (Wildman–Crippen MR) is 286 cm³/mol. The van der Waals surface area contributed by atoms with Gasteiger partial charge in [-0.2, -0.15) is 0 Å². The van der Waals surface area contributed by atoms with E-state index in [2.05, 4.69) is 239 Å². The lowest BCUT2D eigenvalue weighted by Gasteiger charge is -2.52. The van der Waals surface area contributed by atoms with Gasteiger partial charge >= 0.3 is 6.85 Å². The Morgan fingerprint density at radius 1 is 0.433 bits per heavy atom. The van der Waals surface area contributed by atoms with Crippen LogP contribution in [0.1, 0.15) is 52.7 Å². The van der Waals surface area contributed by atoms with Crippen LogP contribution < -0.4 is 41.4 Å². The monoisotopic (exact) mass is 876 g/mol. The lowest BCUT2D eigenvalue weighted by molar-refractivity contribution is 0.590. The number of fused-ring (bicyclic) bond motifs is 17. The molecule has 0 radical (unpaired) electrons. The second-order valence-corrected chi connectivity index (χ2v) is 24.9. The number of nitrogens with zero attached hydrogens (tertiary/aromatic N) is 2. The van der Waals surface area contributed by atoms with Crippen LogP contribution in [0.25, 0.3) is 55.3 Å². The summed E-state index contributed by atoms with van der Waals surface area (Å²) in [7, 11) is -2.83. The zero-order valence-electron chi connectivity index (χ0n) is 38.8. The van der Waals surface area contributed by atoms with Gasteiger partial charge in [0.25, 0.3) is 0 Å². The molecule has 5 heterocycles. The Morgan fingerprint density at radius 3 is 1.81 bits per heavy atom. The highest BCUT2D eigenvalue weighted by Gasteiger charge is 2.58. The largest absolute Gasteiger partial charge is 0.456 e. The molecule has 9 aromatic carbocycles. The molecule has 0 amide bonds. The smallest absolute Gasteiger partial charge is 0.333 e. The number of hydrogen-bond acceptors (Lipinski definition) is 3. The first-order chi connectivity index (χ1) is 32.5. The van der Waals surface area contributed by atoms with Crippen LogP contribution in [-0.2, 0) is 10.8 Å². The summed E-state index contributed by atoms with van der Waals surface area (Å²) in [6.45, 7) is 13.9. The van der Waals surface area contributed by atoms with Crippen molar-refractivity contribution < 1.29 is 4.42 Å². The zero-order chi connectivity index (χ0) is 45.1. The highest BCUT2D eigenvalue weighted by molar-refractivity contribution is 7.24.